The fourth-order valence-electron chi connectivity index (χ4n) is 0.968. The standard InChI is InChI=1S/C9H13N3O2/c10-9(11)7-2-1-3-8(6-7)14-5-4-12-13/h1-3,6,12-13H,4-5H2,(H3,10,11). The van der Waals surface area contributed by atoms with Gasteiger partial charge in [0.2, 0.25) is 0 Å². The number of hydrogen-bond acceptors (Lipinski definition) is 4. The van der Waals surface area contributed by atoms with E-state index in [9.17, 15) is 0 Å². The van der Waals surface area contributed by atoms with E-state index in [0.717, 1.165) is 0 Å². The summed E-state index contributed by atoms with van der Waals surface area (Å²) in [5.41, 5.74) is 7.92. The van der Waals surface area contributed by atoms with Crippen LogP contribution in [0.4, 0.5) is 0 Å². The number of rotatable bonds is 5. The second-order valence-electron chi connectivity index (χ2n) is 2.70. The molecule has 1 rings (SSSR count). The predicted octanol–water partition coefficient (Wildman–Crippen LogP) is 0.328. The highest BCUT2D eigenvalue weighted by Crippen LogP contribution is 2.12. The van der Waals surface area contributed by atoms with Gasteiger partial charge in [-0.05, 0) is 12.1 Å². The van der Waals surface area contributed by atoms with Crippen LogP contribution < -0.4 is 16.0 Å². The molecule has 0 amide bonds. The molecular weight excluding hydrogens is 182 g/mol. The van der Waals surface area contributed by atoms with Crippen LogP contribution in [0.25, 0.3) is 0 Å². The Balaban J connectivity index is 2.59. The number of amidine groups is 1. The molecule has 0 unspecified atom stereocenters. The van der Waals surface area contributed by atoms with E-state index in [-0.39, 0.29) is 5.84 Å². The highest BCUT2D eigenvalue weighted by Gasteiger charge is 1.98. The summed E-state index contributed by atoms with van der Waals surface area (Å²) in [6, 6.07) is 6.95. The summed E-state index contributed by atoms with van der Waals surface area (Å²) >= 11 is 0. The Morgan fingerprint density at radius 1 is 1.57 bits per heavy atom. The molecule has 76 valence electrons. The Bertz CT molecular complexity index is 315. The van der Waals surface area contributed by atoms with E-state index in [0.29, 0.717) is 24.5 Å². The Labute approximate surface area is 82.0 Å². The molecule has 14 heavy (non-hydrogen) atoms. The van der Waals surface area contributed by atoms with Crippen LogP contribution in [-0.2, 0) is 0 Å². The third-order valence-corrected chi connectivity index (χ3v) is 1.63. The van der Waals surface area contributed by atoms with Crippen LogP contribution in [0.5, 0.6) is 5.75 Å². The minimum absolute atomic E-state index is 0.00994. The minimum atomic E-state index is 0.00994. The largest absolute Gasteiger partial charge is 0.492 e. The highest BCUT2D eigenvalue weighted by molar-refractivity contribution is 5.95. The molecule has 1 aromatic carbocycles. The summed E-state index contributed by atoms with van der Waals surface area (Å²) in [6.07, 6.45) is 0. The fraction of sp³-hybridized carbons (Fsp3) is 0.222. The molecule has 5 nitrogen and oxygen atoms in total. The Morgan fingerprint density at radius 2 is 2.36 bits per heavy atom. The SMILES string of the molecule is N=C(N)c1cccc(OCCNO)c1. The van der Waals surface area contributed by atoms with Crippen molar-refractivity contribution in [3.05, 3.63) is 29.8 Å². The van der Waals surface area contributed by atoms with E-state index in [2.05, 4.69) is 0 Å². The minimum Gasteiger partial charge on any atom is -0.492 e. The maximum atomic E-state index is 8.30. The van der Waals surface area contributed by atoms with Crippen LogP contribution in [0.15, 0.2) is 24.3 Å². The third-order valence-electron chi connectivity index (χ3n) is 1.63. The monoisotopic (exact) mass is 195 g/mol. The molecule has 0 aliphatic carbocycles. The summed E-state index contributed by atoms with van der Waals surface area (Å²) in [5.74, 6) is 0.642. The first-order valence-corrected chi connectivity index (χ1v) is 4.18. The number of nitrogen functional groups attached to an aromatic ring is 1. The van der Waals surface area contributed by atoms with Gasteiger partial charge in [0.1, 0.15) is 18.2 Å². The smallest absolute Gasteiger partial charge is 0.122 e. The van der Waals surface area contributed by atoms with Gasteiger partial charge >= 0.3 is 0 Å². The number of ether oxygens (including phenoxy) is 1. The van der Waals surface area contributed by atoms with E-state index < -0.39 is 0 Å². The van der Waals surface area contributed by atoms with E-state index in [1.54, 1.807) is 24.3 Å². The van der Waals surface area contributed by atoms with E-state index in [1.807, 2.05) is 5.48 Å². The first kappa shape index (κ1) is 10.5. The number of hydroxylamine groups is 1. The predicted molar refractivity (Wildman–Crippen MR) is 52.7 cm³/mol. The summed E-state index contributed by atoms with van der Waals surface area (Å²) in [4.78, 5) is 0. The summed E-state index contributed by atoms with van der Waals surface area (Å²) < 4.78 is 5.26. The van der Waals surface area contributed by atoms with Crippen LogP contribution >= 0.6 is 0 Å². The lowest BCUT2D eigenvalue weighted by Crippen LogP contribution is -2.17. The average Bonchev–Trinajstić information content (AvgIpc) is 2.19. The zero-order valence-corrected chi connectivity index (χ0v) is 7.66. The first-order chi connectivity index (χ1) is 6.74. The Morgan fingerprint density at radius 3 is 3.00 bits per heavy atom. The molecule has 0 fully saturated rings. The lowest BCUT2D eigenvalue weighted by Gasteiger charge is -2.06. The Hall–Kier alpha value is -1.59. The molecule has 0 bridgehead atoms. The van der Waals surface area contributed by atoms with Gasteiger partial charge in [-0.25, -0.2) is 5.48 Å². The fourth-order valence-corrected chi connectivity index (χ4v) is 0.968. The van der Waals surface area contributed by atoms with Gasteiger partial charge in [0.25, 0.3) is 0 Å². The lowest BCUT2D eigenvalue weighted by atomic mass is 10.2. The molecule has 0 heterocycles. The van der Waals surface area contributed by atoms with Gasteiger partial charge in [-0.2, -0.15) is 0 Å². The van der Waals surface area contributed by atoms with Crippen molar-refractivity contribution in [2.75, 3.05) is 13.2 Å². The lowest BCUT2D eigenvalue weighted by molar-refractivity contribution is 0.145. The normalized spacial score (nSPS) is 9.79. The van der Waals surface area contributed by atoms with Crippen molar-refractivity contribution in [1.29, 1.82) is 5.41 Å². The van der Waals surface area contributed by atoms with Gasteiger partial charge in [0.15, 0.2) is 0 Å². The maximum Gasteiger partial charge on any atom is 0.122 e. The summed E-state index contributed by atoms with van der Waals surface area (Å²) in [7, 11) is 0. The van der Waals surface area contributed by atoms with Crippen molar-refractivity contribution in [2.45, 2.75) is 0 Å². The van der Waals surface area contributed by atoms with Gasteiger partial charge in [-0.15, -0.1) is 0 Å². The van der Waals surface area contributed by atoms with Crippen molar-refractivity contribution in [1.82, 2.24) is 5.48 Å². The number of nitrogens with two attached hydrogens (primary N) is 1. The molecule has 5 heteroatoms. The molecular formula is C9H13N3O2. The van der Waals surface area contributed by atoms with E-state index in [4.69, 9.17) is 21.1 Å². The van der Waals surface area contributed by atoms with Crippen LogP contribution in [-0.4, -0.2) is 24.2 Å². The molecule has 0 atom stereocenters. The molecule has 1 aromatic rings. The van der Waals surface area contributed by atoms with Crippen LogP contribution in [0.2, 0.25) is 0 Å². The molecule has 0 aliphatic rings. The number of hydrogen-bond donors (Lipinski definition) is 4. The zero-order valence-electron chi connectivity index (χ0n) is 7.66. The Kier molecular flexibility index (Phi) is 3.90. The molecule has 5 N–H and O–H groups in total. The maximum absolute atomic E-state index is 8.30. The number of benzene rings is 1. The molecule has 0 saturated carbocycles. The van der Waals surface area contributed by atoms with Gasteiger partial charge in [-0.3, -0.25) is 5.41 Å². The van der Waals surface area contributed by atoms with Crippen molar-refractivity contribution >= 4 is 5.84 Å². The molecule has 0 saturated heterocycles. The quantitative estimate of drug-likeness (QED) is 0.236. The highest BCUT2D eigenvalue weighted by atomic mass is 16.5. The molecule has 0 aliphatic heterocycles. The van der Waals surface area contributed by atoms with Gasteiger partial charge in [0.05, 0.1) is 6.54 Å². The topological polar surface area (TPSA) is 91.4 Å². The van der Waals surface area contributed by atoms with Crippen LogP contribution in [0.3, 0.4) is 0 Å². The summed E-state index contributed by atoms with van der Waals surface area (Å²) in [5, 5.41) is 15.5. The molecule has 0 radical (unpaired) electrons. The van der Waals surface area contributed by atoms with Crippen molar-refractivity contribution in [3.63, 3.8) is 0 Å². The average molecular weight is 195 g/mol. The molecule has 0 spiro atoms. The third kappa shape index (κ3) is 3.04. The van der Waals surface area contributed by atoms with Crippen molar-refractivity contribution < 1.29 is 9.94 Å². The second-order valence-corrected chi connectivity index (χ2v) is 2.70. The van der Waals surface area contributed by atoms with Crippen LogP contribution in [0.1, 0.15) is 5.56 Å². The van der Waals surface area contributed by atoms with Gasteiger partial charge in [0, 0.05) is 5.56 Å². The van der Waals surface area contributed by atoms with Crippen molar-refractivity contribution in [2.24, 2.45) is 5.73 Å². The number of nitrogens with one attached hydrogen (secondary N) is 2. The van der Waals surface area contributed by atoms with E-state index in [1.165, 1.54) is 0 Å². The van der Waals surface area contributed by atoms with Crippen LogP contribution in [0, 0.1) is 5.41 Å². The first-order valence-electron chi connectivity index (χ1n) is 4.18. The van der Waals surface area contributed by atoms with Crippen molar-refractivity contribution in [3.8, 4) is 5.75 Å². The van der Waals surface area contributed by atoms with Gasteiger partial charge in [-0.1, -0.05) is 12.1 Å². The second kappa shape index (κ2) is 5.21. The van der Waals surface area contributed by atoms with E-state index >= 15 is 0 Å². The molecule has 0 aromatic heterocycles. The summed E-state index contributed by atoms with van der Waals surface area (Å²) in [6.45, 7) is 0.710. The zero-order chi connectivity index (χ0) is 10.4. The van der Waals surface area contributed by atoms with Gasteiger partial charge < -0.3 is 15.7 Å².